The molecule has 1 saturated heterocycles. The largest absolute Gasteiger partial charge is 0.381 e. The lowest BCUT2D eigenvalue weighted by molar-refractivity contribution is 0.0374. The molecule has 0 aromatic carbocycles. The predicted molar refractivity (Wildman–Crippen MR) is 59.6 cm³/mol. The van der Waals surface area contributed by atoms with Gasteiger partial charge in [0.05, 0.1) is 6.61 Å². The Morgan fingerprint density at radius 1 is 1.57 bits per heavy atom. The molecular formula is C11H24N2O. The lowest BCUT2D eigenvalue weighted by Crippen LogP contribution is -2.40. The molecule has 2 unspecified atom stereocenters. The molecule has 0 aromatic heterocycles. The van der Waals surface area contributed by atoms with Crippen LogP contribution in [0.4, 0.5) is 0 Å². The van der Waals surface area contributed by atoms with E-state index in [1.807, 2.05) is 7.05 Å². The fraction of sp³-hybridized carbons (Fsp3) is 1.00. The van der Waals surface area contributed by atoms with Crippen LogP contribution < -0.4 is 5.32 Å². The van der Waals surface area contributed by atoms with E-state index >= 15 is 0 Å². The van der Waals surface area contributed by atoms with Gasteiger partial charge in [-0.25, -0.2) is 0 Å². The van der Waals surface area contributed by atoms with E-state index in [0.29, 0.717) is 6.04 Å². The summed E-state index contributed by atoms with van der Waals surface area (Å²) in [4.78, 5) is 2.43. The van der Waals surface area contributed by atoms with E-state index in [2.05, 4.69) is 24.2 Å². The molecule has 0 spiro atoms. The third kappa shape index (κ3) is 3.95. The first-order chi connectivity index (χ1) is 6.74. The first-order valence-corrected chi connectivity index (χ1v) is 5.66. The summed E-state index contributed by atoms with van der Waals surface area (Å²) in [5.41, 5.74) is 0. The highest BCUT2D eigenvalue weighted by atomic mass is 16.5. The van der Waals surface area contributed by atoms with Crippen LogP contribution in [0.5, 0.6) is 0 Å². The number of ether oxygens (including phenoxy) is 1. The first-order valence-electron chi connectivity index (χ1n) is 5.66. The van der Waals surface area contributed by atoms with Gasteiger partial charge < -0.3 is 15.0 Å². The first kappa shape index (κ1) is 12.0. The van der Waals surface area contributed by atoms with Crippen molar-refractivity contribution in [3.63, 3.8) is 0 Å². The van der Waals surface area contributed by atoms with Crippen molar-refractivity contribution in [3.8, 4) is 0 Å². The maximum absolute atomic E-state index is 5.48. The minimum absolute atomic E-state index is 0.613. The molecule has 0 aromatic rings. The maximum Gasteiger partial charge on any atom is 0.0506 e. The van der Waals surface area contributed by atoms with Crippen molar-refractivity contribution in [1.82, 2.24) is 10.2 Å². The zero-order valence-electron chi connectivity index (χ0n) is 9.75. The lowest BCUT2D eigenvalue weighted by atomic mass is 10.0. The van der Waals surface area contributed by atoms with Gasteiger partial charge in [-0.05, 0) is 39.8 Å². The number of hydrogen-bond donors (Lipinski definition) is 1. The van der Waals surface area contributed by atoms with E-state index in [1.165, 1.54) is 19.4 Å². The van der Waals surface area contributed by atoms with Gasteiger partial charge in [0.2, 0.25) is 0 Å². The third-order valence-corrected chi connectivity index (χ3v) is 3.05. The van der Waals surface area contributed by atoms with Gasteiger partial charge in [0.25, 0.3) is 0 Å². The SMILES string of the molecule is CNCC(C)N(C)CC1CCCOC1. The topological polar surface area (TPSA) is 24.5 Å². The minimum atomic E-state index is 0.613. The maximum atomic E-state index is 5.48. The van der Waals surface area contributed by atoms with Crippen LogP contribution in [-0.2, 0) is 4.74 Å². The van der Waals surface area contributed by atoms with E-state index < -0.39 is 0 Å². The highest BCUT2D eigenvalue weighted by Crippen LogP contribution is 2.15. The van der Waals surface area contributed by atoms with Crippen molar-refractivity contribution in [2.24, 2.45) is 5.92 Å². The average Bonchev–Trinajstić information content (AvgIpc) is 2.19. The molecule has 3 heteroatoms. The van der Waals surface area contributed by atoms with Crippen molar-refractivity contribution in [3.05, 3.63) is 0 Å². The molecule has 14 heavy (non-hydrogen) atoms. The van der Waals surface area contributed by atoms with Crippen molar-refractivity contribution >= 4 is 0 Å². The molecule has 3 nitrogen and oxygen atoms in total. The van der Waals surface area contributed by atoms with Crippen molar-refractivity contribution in [1.29, 1.82) is 0 Å². The predicted octanol–water partition coefficient (Wildman–Crippen LogP) is 0.953. The van der Waals surface area contributed by atoms with Crippen LogP contribution in [0.1, 0.15) is 19.8 Å². The molecule has 1 aliphatic heterocycles. The van der Waals surface area contributed by atoms with Crippen LogP contribution in [0.2, 0.25) is 0 Å². The summed E-state index contributed by atoms with van der Waals surface area (Å²) >= 11 is 0. The normalized spacial score (nSPS) is 25.3. The highest BCUT2D eigenvalue weighted by Gasteiger charge is 2.17. The van der Waals surface area contributed by atoms with Crippen molar-refractivity contribution in [2.75, 3.05) is 40.4 Å². The van der Waals surface area contributed by atoms with Gasteiger partial charge >= 0.3 is 0 Å². The molecule has 0 amide bonds. The molecule has 1 N–H and O–H groups in total. The molecule has 1 aliphatic rings. The average molecular weight is 200 g/mol. The lowest BCUT2D eigenvalue weighted by Gasteiger charge is -2.30. The number of nitrogens with zero attached hydrogens (tertiary/aromatic N) is 1. The molecule has 1 fully saturated rings. The van der Waals surface area contributed by atoms with E-state index in [1.54, 1.807) is 0 Å². The summed E-state index contributed by atoms with van der Waals surface area (Å²) in [5.74, 6) is 0.744. The number of rotatable bonds is 5. The van der Waals surface area contributed by atoms with E-state index in [0.717, 1.165) is 25.7 Å². The summed E-state index contributed by atoms with van der Waals surface area (Å²) in [5, 5.41) is 3.21. The van der Waals surface area contributed by atoms with Gasteiger partial charge in [-0.15, -0.1) is 0 Å². The smallest absolute Gasteiger partial charge is 0.0506 e. The Balaban J connectivity index is 2.20. The second kappa shape index (κ2) is 6.38. The Bertz CT molecular complexity index is 146. The van der Waals surface area contributed by atoms with Gasteiger partial charge in [-0.2, -0.15) is 0 Å². The molecular weight excluding hydrogens is 176 g/mol. The van der Waals surface area contributed by atoms with Crippen molar-refractivity contribution in [2.45, 2.75) is 25.8 Å². The summed E-state index contributed by atoms with van der Waals surface area (Å²) in [6.07, 6.45) is 2.57. The monoisotopic (exact) mass is 200 g/mol. The molecule has 1 heterocycles. The van der Waals surface area contributed by atoms with Crippen LogP contribution in [0, 0.1) is 5.92 Å². The third-order valence-electron chi connectivity index (χ3n) is 3.05. The summed E-state index contributed by atoms with van der Waals surface area (Å²) < 4.78 is 5.48. The van der Waals surface area contributed by atoms with Crippen LogP contribution in [-0.4, -0.2) is 51.3 Å². The molecule has 0 aliphatic carbocycles. The quantitative estimate of drug-likeness (QED) is 0.715. The van der Waals surface area contributed by atoms with Gasteiger partial charge in [0.1, 0.15) is 0 Å². The van der Waals surface area contributed by atoms with Crippen LogP contribution in [0.25, 0.3) is 0 Å². The minimum Gasteiger partial charge on any atom is -0.381 e. The van der Waals surface area contributed by atoms with Gasteiger partial charge in [-0.3, -0.25) is 0 Å². The molecule has 0 saturated carbocycles. The van der Waals surface area contributed by atoms with Crippen LogP contribution in [0.3, 0.4) is 0 Å². The number of hydrogen-bond acceptors (Lipinski definition) is 3. The second-order valence-corrected chi connectivity index (χ2v) is 4.43. The Morgan fingerprint density at radius 3 is 2.93 bits per heavy atom. The molecule has 0 radical (unpaired) electrons. The Hall–Kier alpha value is -0.120. The van der Waals surface area contributed by atoms with Gasteiger partial charge in [0, 0.05) is 25.7 Å². The molecule has 84 valence electrons. The second-order valence-electron chi connectivity index (χ2n) is 4.43. The zero-order valence-corrected chi connectivity index (χ0v) is 9.75. The molecule has 2 atom stereocenters. The van der Waals surface area contributed by atoms with Gasteiger partial charge in [-0.1, -0.05) is 0 Å². The molecule has 0 bridgehead atoms. The van der Waals surface area contributed by atoms with Crippen LogP contribution in [0.15, 0.2) is 0 Å². The zero-order chi connectivity index (χ0) is 10.4. The Labute approximate surface area is 87.8 Å². The molecule has 1 rings (SSSR count). The summed E-state index contributed by atoms with van der Waals surface area (Å²) in [7, 11) is 4.21. The van der Waals surface area contributed by atoms with E-state index in [-0.39, 0.29) is 0 Å². The standard InChI is InChI=1S/C11H24N2O/c1-10(7-12-2)13(3)8-11-5-4-6-14-9-11/h10-12H,4-9H2,1-3H3. The Morgan fingerprint density at radius 2 is 2.36 bits per heavy atom. The summed E-state index contributed by atoms with van der Waals surface area (Å²) in [6.45, 7) is 6.41. The summed E-state index contributed by atoms with van der Waals surface area (Å²) in [6, 6.07) is 0.613. The van der Waals surface area contributed by atoms with Crippen molar-refractivity contribution < 1.29 is 4.74 Å². The fourth-order valence-corrected chi connectivity index (χ4v) is 1.99. The van der Waals surface area contributed by atoms with Gasteiger partial charge in [0.15, 0.2) is 0 Å². The van der Waals surface area contributed by atoms with E-state index in [4.69, 9.17) is 4.74 Å². The van der Waals surface area contributed by atoms with E-state index in [9.17, 15) is 0 Å². The Kier molecular flexibility index (Phi) is 5.45. The van der Waals surface area contributed by atoms with Crippen LogP contribution >= 0.6 is 0 Å². The highest BCUT2D eigenvalue weighted by molar-refractivity contribution is 4.71. The number of nitrogens with one attached hydrogen (secondary N) is 1. The number of likely N-dealkylation sites (N-methyl/N-ethyl adjacent to an activating group) is 2. The fourth-order valence-electron chi connectivity index (χ4n) is 1.99.